The van der Waals surface area contributed by atoms with E-state index in [0.717, 1.165) is 28.0 Å². The number of rotatable bonds is 10. The van der Waals surface area contributed by atoms with Crippen molar-refractivity contribution >= 4 is 39.1 Å². The quantitative estimate of drug-likeness (QED) is 0.302. The van der Waals surface area contributed by atoms with Crippen molar-refractivity contribution < 1.29 is 19.8 Å². The Bertz CT molecular complexity index is 1430. The van der Waals surface area contributed by atoms with Crippen LogP contribution in [0.3, 0.4) is 0 Å². The Morgan fingerprint density at radius 1 is 1.23 bits per heavy atom. The Morgan fingerprint density at radius 2 is 2.08 bits per heavy atom. The molecule has 3 heterocycles. The second-order valence-electron chi connectivity index (χ2n) is 10.2. The summed E-state index contributed by atoms with van der Waals surface area (Å²) in [6.07, 6.45) is 6.72. The van der Waals surface area contributed by atoms with E-state index < -0.39 is 11.5 Å². The second-order valence-corrected chi connectivity index (χ2v) is 11.1. The molecular weight excluding hydrogens is 576 g/mol. The number of carbonyl (C=O) groups is 2. The summed E-state index contributed by atoms with van der Waals surface area (Å²) >= 11 is 3.50. The highest BCUT2D eigenvalue weighted by Crippen LogP contribution is 2.46. The van der Waals surface area contributed by atoms with Gasteiger partial charge in [-0.15, -0.1) is 5.10 Å². The number of anilines is 2. The molecule has 10 nitrogen and oxygen atoms in total. The number of hydrogen-bond acceptors (Lipinski definition) is 7. The highest BCUT2D eigenvalue weighted by molar-refractivity contribution is 9.10. The Balaban J connectivity index is 1.34. The molecule has 0 radical (unpaired) electrons. The van der Waals surface area contributed by atoms with E-state index in [4.69, 9.17) is 5.11 Å². The zero-order chi connectivity index (χ0) is 28.3. The van der Waals surface area contributed by atoms with E-state index in [0.29, 0.717) is 43.7 Å². The molecule has 40 heavy (non-hydrogen) atoms. The van der Waals surface area contributed by atoms with Crippen LogP contribution in [0, 0.1) is 5.92 Å². The standard InChI is InChI=1S/C29H33BrN6O4/c1-20(5-2-3-12-34-19-23(10-14-37)32-33-34)29(40)25-16-22(30)8-9-26(25)36(28(29)39)18-21-6-4-7-24(15-21)35-13-11-31-17-27(35)38/h2,4-9,15-16,19-20,31,37,40H,3,10-14,17-18H2,1H3/b5-2+/t20-,29+/m1/s1. The lowest BCUT2D eigenvalue weighted by Crippen LogP contribution is -2.48. The van der Waals surface area contributed by atoms with E-state index >= 15 is 0 Å². The van der Waals surface area contributed by atoms with Crippen LogP contribution in [0.5, 0.6) is 0 Å². The van der Waals surface area contributed by atoms with Crippen LogP contribution in [0.15, 0.2) is 65.3 Å². The Hall–Kier alpha value is -3.38. The van der Waals surface area contributed by atoms with Gasteiger partial charge in [-0.1, -0.05) is 52.4 Å². The fourth-order valence-electron chi connectivity index (χ4n) is 5.28. The Kier molecular flexibility index (Phi) is 8.46. The summed E-state index contributed by atoms with van der Waals surface area (Å²) in [6, 6.07) is 13.2. The molecular formula is C29H33BrN6O4. The number of piperazine rings is 1. The number of fused-ring (bicyclic) bond motifs is 1. The summed E-state index contributed by atoms with van der Waals surface area (Å²) in [5, 5.41) is 32.2. The first kappa shape index (κ1) is 28.2. The number of benzene rings is 2. The van der Waals surface area contributed by atoms with Gasteiger partial charge in [-0.25, -0.2) is 0 Å². The molecule has 2 atom stereocenters. The topological polar surface area (TPSA) is 124 Å². The normalized spacial score (nSPS) is 20.0. The third-order valence-corrected chi connectivity index (χ3v) is 7.94. The van der Waals surface area contributed by atoms with E-state index in [-0.39, 0.29) is 25.0 Å². The van der Waals surface area contributed by atoms with E-state index in [1.807, 2.05) is 61.5 Å². The number of aryl methyl sites for hydroxylation is 1. The molecule has 1 fully saturated rings. The number of aromatic nitrogens is 3. The van der Waals surface area contributed by atoms with Crippen LogP contribution in [-0.2, 0) is 34.7 Å². The minimum atomic E-state index is -1.73. The highest BCUT2D eigenvalue weighted by atomic mass is 79.9. The molecule has 210 valence electrons. The molecule has 3 aromatic rings. The minimum Gasteiger partial charge on any atom is -0.396 e. The number of aliphatic hydroxyl groups is 2. The SMILES string of the molecule is C[C@H](/C=C/CCn1cc(CCO)nn1)[C@@]1(O)C(=O)N(Cc2cccc(N3CCNCC3=O)c2)c2ccc(Br)cc21. The first-order valence-electron chi connectivity index (χ1n) is 13.4. The van der Waals surface area contributed by atoms with Crippen molar-refractivity contribution in [2.45, 2.75) is 38.5 Å². The molecule has 0 bridgehead atoms. The van der Waals surface area contributed by atoms with Crippen LogP contribution in [0.4, 0.5) is 11.4 Å². The third-order valence-electron chi connectivity index (χ3n) is 7.45. The number of aliphatic hydroxyl groups excluding tert-OH is 1. The lowest BCUT2D eigenvalue weighted by Gasteiger charge is -2.29. The second kappa shape index (κ2) is 12.0. The molecule has 2 aliphatic rings. The van der Waals surface area contributed by atoms with E-state index in [1.54, 1.807) is 20.7 Å². The molecule has 3 N–H and O–H groups in total. The number of nitrogens with one attached hydrogen (secondary N) is 1. The molecule has 0 spiro atoms. The highest BCUT2D eigenvalue weighted by Gasteiger charge is 2.52. The molecule has 11 heteroatoms. The van der Waals surface area contributed by atoms with Crippen LogP contribution in [0.1, 0.15) is 30.2 Å². The van der Waals surface area contributed by atoms with Crippen LogP contribution in [0.25, 0.3) is 0 Å². The van der Waals surface area contributed by atoms with Gasteiger partial charge in [-0.2, -0.15) is 0 Å². The number of halogens is 1. The fourth-order valence-corrected chi connectivity index (χ4v) is 5.65. The summed E-state index contributed by atoms with van der Waals surface area (Å²) in [5.41, 5.74) is 1.89. The number of nitrogens with zero attached hydrogens (tertiary/aromatic N) is 5. The summed E-state index contributed by atoms with van der Waals surface area (Å²) in [7, 11) is 0. The maximum atomic E-state index is 13.9. The van der Waals surface area contributed by atoms with Crippen molar-refractivity contribution in [2.75, 3.05) is 36.0 Å². The predicted octanol–water partition coefficient (Wildman–Crippen LogP) is 2.53. The summed E-state index contributed by atoms with van der Waals surface area (Å²) in [4.78, 5) is 29.7. The van der Waals surface area contributed by atoms with E-state index in [1.165, 1.54) is 0 Å². The van der Waals surface area contributed by atoms with Gasteiger partial charge in [0.25, 0.3) is 5.91 Å². The van der Waals surface area contributed by atoms with Gasteiger partial charge in [-0.3, -0.25) is 14.3 Å². The largest absolute Gasteiger partial charge is 0.396 e. The van der Waals surface area contributed by atoms with Crippen molar-refractivity contribution in [1.29, 1.82) is 0 Å². The van der Waals surface area contributed by atoms with Gasteiger partial charge in [0.15, 0.2) is 5.60 Å². The summed E-state index contributed by atoms with van der Waals surface area (Å²) < 4.78 is 2.49. The smallest absolute Gasteiger partial charge is 0.264 e. The lowest BCUT2D eigenvalue weighted by atomic mass is 9.83. The van der Waals surface area contributed by atoms with Crippen LogP contribution in [-0.4, -0.2) is 63.3 Å². The number of hydrogen-bond donors (Lipinski definition) is 3. The van der Waals surface area contributed by atoms with Crippen LogP contribution >= 0.6 is 15.9 Å². The fraction of sp³-hybridized carbons (Fsp3) is 0.379. The lowest BCUT2D eigenvalue weighted by molar-refractivity contribution is -0.139. The monoisotopic (exact) mass is 608 g/mol. The molecule has 5 rings (SSSR count). The van der Waals surface area contributed by atoms with E-state index in [2.05, 4.69) is 31.6 Å². The third kappa shape index (κ3) is 5.60. The maximum absolute atomic E-state index is 13.9. The molecule has 2 aliphatic heterocycles. The van der Waals surface area contributed by atoms with Crippen molar-refractivity contribution in [3.63, 3.8) is 0 Å². The zero-order valence-electron chi connectivity index (χ0n) is 22.3. The van der Waals surface area contributed by atoms with Crippen molar-refractivity contribution in [3.05, 3.63) is 82.1 Å². The van der Waals surface area contributed by atoms with Gasteiger partial charge in [0, 0.05) is 60.5 Å². The average molecular weight is 610 g/mol. The maximum Gasteiger partial charge on any atom is 0.264 e. The van der Waals surface area contributed by atoms with Gasteiger partial charge in [-0.05, 0) is 42.3 Å². The average Bonchev–Trinajstić information content (AvgIpc) is 3.48. The Morgan fingerprint density at radius 3 is 2.88 bits per heavy atom. The van der Waals surface area contributed by atoms with Crippen molar-refractivity contribution in [3.8, 4) is 0 Å². The van der Waals surface area contributed by atoms with Crippen molar-refractivity contribution in [2.24, 2.45) is 5.92 Å². The minimum absolute atomic E-state index is 0.0141. The van der Waals surface area contributed by atoms with Gasteiger partial charge in [0.1, 0.15) is 0 Å². The number of carbonyl (C=O) groups excluding carboxylic acids is 2. The molecule has 0 aliphatic carbocycles. The summed E-state index contributed by atoms with van der Waals surface area (Å²) in [6.45, 7) is 4.35. The van der Waals surface area contributed by atoms with E-state index in [9.17, 15) is 14.7 Å². The first-order chi connectivity index (χ1) is 19.3. The molecule has 1 aromatic heterocycles. The molecule has 0 saturated carbocycles. The molecule has 2 amide bonds. The number of allylic oxidation sites excluding steroid dienone is 1. The van der Waals surface area contributed by atoms with Crippen LogP contribution < -0.4 is 15.1 Å². The van der Waals surface area contributed by atoms with Gasteiger partial charge < -0.3 is 25.3 Å². The van der Waals surface area contributed by atoms with Gasteiger partial charge >= 0.3 is 0 Å². The molecule has 0 unspecified atom stereocenters. The first-order valence-corrected chi connectivity index (χ1v) is 14.2. The Labute approximate surface area is 241 Å². The van der Waals surface area contributed by atoms with Gasteiger partial charge in [0.2, 0.25) is 5.91 Å². The number of amides is 2. The van der Waals surface area contributed by atoms with Crippen molar-refractivity contribution in [1.82, 2.24) is 20.3 Å². The van der Waals surface area contributed by atoms with Gasteiger partial charge in [0.05, 0.1) is 24.5 Å². The molecule has 1 saturated heterocycles. The predicted molar refractivity (Wildman–Crippen MR) is 155 cm³/mol. The molecule has 2 aromatic carbocycles. The van der Waals surface area contributed by atoms with Crippen LogP contribution in [0.2, 0.25) is 0 Å². The zero-order valence-corrected chi connectivity index (χ0v) is 23.9. The summed E-state index contributed by atoms with van der Waals surface area (Å²) in [5.74, 6) is -0.866.